The van der Waals surface area contributed by atoms with Crippen LogP contribution in [-0.2, 0) is 19.0 Å². The van der Waals surface area contributed by atoms with Gasteiger partial charge in [-0.3, -0.25) is 4.79 Å². The van der Waals surface area contributed by atoms with Crippen molar-refractivity contribution in [3.8, 4) is 0 Å². The molecule has 2 bridgehead atoms. The van der Waals surface area contributed by atoms with Gasteiger partial charge in [0, 0.05) is 11.8 Å². The summed E-state index contributed by atoms with van der Waals surface area (Å²) in [6.07, 6.45) is 10.8. The first kappa shape index (κ1) is 14.9. The molecule has 4 nitrogen and oxygen atoms in total. The van der Waals surface area contributed by atoms with Crippen LogP contribution < -0.4 is 0 Å². The molecule has 0 aromatic heterocycles. The van der Waals surface area contributed by atoms with Gasteiger partial charge in [0.05, 0.1) is 12.2 Å². The van der Waals surface area contributed by atoms with E-state index in [1.165, 1.54) is 12.8 Å². The van der Waals surface area contributed by atoms with Crippen LogP contribution in [0.5, 0.6) is 0 Å². The van der Waals surface area contributed by atoms with Gasteiger partial charge < -0.3 is 14.2 Å². The van der Waals surface area contributed by atoms with Crippen LogP contribution in [0.4, 0.5) is 0 Å². The number of carbonyl (C=O) groups is 1. The quantitative estimate of drug-likeness (QED) is 0.727. The lowest BCUT2D eigenvalue weighted by Crippen LogP contribution is -2.49. The van der Waals surface area contributed by atoms with Crippen LogP contribution in [0.2, 0.25) is 0 Å². The summed E-state index contributed by atoms with van der Waals surface area (Å²) in [6, 6.07) is 0. The van der Waals surface area contributed by atoms with Crippen LogP contribution >= 0.6 is 0 Å². The van der Waals surface area contributed by atoms with Gasteiger partial charge in [-0.25, -0.2) is 0 Å². The highest BCUT2D eigenvalue weighted by Gasteiger charge is 2.61. The molecule has 1 saturated heterocycles. The lowest BCUT2D eigenvalue weighted by molar-refractivity contribution is -0.174. The molecule has 3 rings (SSSR count). The summed E-state index contributed by atoms with van der Waals surface area (Å²) >= 11 is 0. The minimum atomic E-state index is -0.275. The second-order valence-electron chi connectivity index (χ2n) is 6.86. The van der Waals surface area contributed by atoms with Gasteiger partial charge in [0.1, 0.15) is 12.2 Å². The van der Waals surface area contributed by atoms with Crippen molar-refractivity contribution < 1.29 is 19.0 Å². The van der Waals surface area contributed by atoms with E-state index in [-0.39, 0.29) is 29.2 Å². The van der Waals surface area contributed by atoms with E-state index in [2.05, 4.69) is 13.0 Å². The maximum atomic E-state index is 12.1. The number of carbonyl (C=O) groups excluding carboxylic acids is 1. The van der Waals surface area contributed by atoms with E-state index in [0.29, 0.717) is 6.61 Å². The van der Waals surface area contributed by atoms with Gasteiger partial charge in [-0.05, 0) is 25.3 Å². The van der Waals surface area contributed by atoms with Crippen molar-refractivity contribution in [2.75, 3.05) is 6.61 Å². The summed E-state index contributed by atoms with van der Waals surface area (Å²) in [5.41, 5.74) is -0.368. The van der Waals surface area contributed by atoms with Crippen molar-refractivity contribution in [2.24, 2.45) is 11.3 Å². The van der Waals surface area contributed by atoms with Gasteiger partial charge >= 0.3 is 5.97 Å². The van der Waals surface area contributed by atoms with Gasteiger partial charge in [0.25, 0.3) is 0 Å². The number of rotatable bonds is 5. The van der Waals surface area contributed by atoms with E-state index in [9.17, 15) is 4.79 Å². The SMILES string of the molecule is CCCC(C)C(=O)OC[C@@]12CCCC[C@@]13C=CO[C@@H](C2)O3. The van der Waals surface area contributed by atoms with Gasteiger partial charge in [-0.1, -0.05) is 33.1 Å². The van der Waals surface area contributed by atoms with Gasteiger partial charge in [0.15, 0.2) is 0 Å². The first-order valence-corrected chi connectivity index (χ1v) is 8.28. The lowest BCUT2D eigenvalue weighted by atomic mass is 9.63. The molecule has 2 aliphatic heterocycles. The topological polar surface area (TPSA) is 44.8 Å². The Balaban J connectivity index is 1.71. The maximum Gasteiger partial charge on any atom is 0.308 e. The van der Waals surface area contributed by atoms with Gasteiger partial charge in [-0.15, -0.1) is 0 Å². The highest BCUT2D eigenvalue weighted by molar-refractivity contribution is 5.72. The molecular formula is C17H26O4. The molecule has 21 heavy (non-hydrogen) atoms. The third kappa shape index (κ3) is 2.48. The summed E-state index contributed by atoms with van der Waals surface area (Å²) in [6.45, 7) is 4.51. The second kappa shape index (κ2) is 5.64. The third-order valence-electron chi connectivity index (χ3n) is 5.43. The summed E-state index contributed by atoms with van der Waals surface area (Å²) in [5.74, 6) is -0.0854. The molecule has 3 aliphatic rings. The number of hydrogen-bond acceptors (Lipinski definition) is 4. The Bertz CT molecular complexity index is 433. The molecule has 4 heteroatoms. The molecule has 2 heterocycles. The van der Waals surface area contributed by atoms with Crippen molar-refractivity contribution in [2.45, 2.75) is 70.7 Å². The summed E-state index contributed by atoms with van der Waals surface area (Å²) in [4.78, 5) is 12.1. The summed E-state index contributed by atoms with van der Waals surface area (Å²) < 4.78 is 17.4. The van der Waals surface area contributed by atoms with Crippen LogP contribution in [0, 0.1) is 11.3 Å². The molecule has 0 N–H and O–H groups in total. The number of fused-ring (bicyclic) bond motifs is 1. The third-order valence-corrected chi connectivity index (χ3v) is 5.43. The van der Waals surface area contributed by atoms with E-state index in [1.54, 1.807) is 6.26 Å². The molecule has 1 saturated carbocycles. The Labute approximate surface area is 126 Å². The molecule has 1 spiro atoms. The van der Waals surface area contributed by atoms with E-state index < -0.39 is 0 Å². The highest BCUT2D eigenvalue weighted by atomic mass is 16.7. The standard InChI is InChI=1S/C17H26O4/c1-3-6-13(2)15(18)20-12-16-7-4-5-8-17(16)9-10-19-14(11-16)21-17/h9-10,13-14H,3-8,11-12H2,1-2H3/t13?,14-,16+,17-/m1/s1. The largest absolute Gasteiger partial charge is 0.473 e. The molecule has 1 unspecified atom stereocenters. The highest BCUT2D eigenvalue weighted by Crippen LogP contribution is 2.58. The number of esters is 1. The van der Waals surface area contributed by atoms with E-state index in [4.69, 9.17) is 14.2 Å². The average molecular weight is 294 g/mol. The first-order chi connectivity index (χ1) is 10.1. The van der Waals surface area contributed by atoms with Crippen LogP contribution in [0.15, 0.2) is 12.3 Å². The summed E-state index contributed by atoms with van der Waals surface area (Å²) in [7, 11) is 0. The Hall–Kier alpha value is -1.03. The van der Waals surface area contributed by atoms with E-state index in [1.807, 2.05) is 6.92 Å². The lowest BCUT2D eigenvalue weighted by Gasteiger charge is -2.45. The fourth-order valence-electron chi connectivity index (χ4n) is 4.15. The Morgan fingerprint density at radius 1 is 1.43 bits per heavy atom. The fourth-order valence-corrected chi connectivity index (χ4v) is 4.15. The minimum absolute atomic E-state index is 0.0144. The Morgan fingerprint density at radius 2 is 2.24 bits per heavy atom. The Kier molecular flexibility index (Phi) is 4.00. The van der Waals surface area contributed by atoms with Gasteiger partial charge in [0.2, 0.25) is 6.29 Å². The molecule has 2 fully saturated rings. The predicted molar refractivity (Wildman–Crippen MR) is 78.4 cm³/mol. The van der Waals surface area contributed by atoms with Crippen LogP contribution in [-0.4, -0.2) is 24.5 Å². The van der Waals surface area contributed by atoms with Crippen molar-refractivity contribution in [3.63, 3.8) is 0 Å². The van der Waals surface area contributed by atoms with E-state index >= 15 is 0 Å². The molecule has 4 atom stereocenters. The molecule has 118 valence electrons. The zero-order valence-electron chi connectivity index (χ0n) is 13.1. The first-order valence-electron chi connectivity index (χ1n) is 8.28. The van der Waals surface area contributed by atoms with Crippen molar-refractivity contribution in [1.82, 2.24) is 0 Å². The maximum absolute atomic E-state index is 12.1. The summed E-state index contributed by atoms with van der Waals surface area (Å²) in [5, 5.41) is 0. The van der Waals surface area contributed by atoms with Crippen molar-refractivity contribution in [1.29, 1.82) is 0 Å². The molecule has 0 amide bonds. The number of hydrogen-bond donors (Lipinski definition) is 0. The second-order valence-corrected chi connectivity index (χ2v) is 6.86. The molecule has 0 aromatic rings. The van der Waals surface area contributed by atoms with Crippen molar-refractivity contribution >= 4 is 5.97 Å². The molecule has 1 aliphatic carbocycles. The monoisotopic (exact) mass is 294 g/mol. The molecule has 0 radical (unpaired) electrons. The average Bonchev–Trinajstić information content (AvgIpc) is 2.71. The normalized spacial score (nSPS) is 38.5. The Morgan fingerprint density at radius 3 is 3.05 bits per heavy atom. The minimum Gasteiger partial charge on any atom is -0.473 e. The van der Waals surface area contributed by atoms with E-state index in [0.717, 1.165) is 32.1 Å². The smallest absolute Gasteiger partial charge is 0.308 e. The zero-order valence-corrected chi connectivity index (χ0v) is 13.1. The van der Waals surface area contributed by atoms with Crippen molar-refractivity contribution in [3.05, 3.63) is 12.3 Å². The molecular weight excluding hydrogens is 268 g/mol. The zero-order chi connectivity index (χ0) is 14.9. The molecule has 0 aromatic carbocycles. The fraction of sp³-hybridized carbons (Fsp3) is 0.824. The predicted octanol–water partition coefficient (Wildman–Crippen LogP) is 3.56. The van der Waals surface area contributed by atoms with Crippen LogP contribution in [0.25, 0.3) is 0 Å². The number of ether oxygens (including phenoxy) is 3. The van der Waals surface area contributed by atoms with Gasteiger partial charge in [-0.2, -0.15) is 0 Å². The van der Waals surface area contributed by atoms with Crippen LogP contribution in [0.1, 0.15) is 58.8 Å². The van der Waals surface area contributed by atoms with Crippen LogP contribution in [0.3, 0.4) is 0 Å².